The highest BCUT2D eigenvalue weighted by Gasteiger charge is 2.24. The smallest absolute Gasteiger partial charge is 0.248 e. The number of anilines is 1. The van der Waals surface area contributed by atoms with Crippen LogP contribution in [0, 0.1) is 0 Å². The summed E-state index contributed by atoms with van der Waals surface area (Å²) < 4.78 is 0. The van der Waals surface area contributed by atoms with Gasteiger partial charge in [0.1, 0.15) is 0 Å². The second kappa shape index (κ2) is 7.38. The van der Waals surface area contributed by atoms with Gasteiger partial charge in [-0.25, -0.2) is 0 Å². The van der Waals surface area contributed by atoms with Gasteiger partial charge in [-0.2, -0.15) is 0 Å². The number of nitrogens with one attached hydrogen (secondary N) is 1. The van der Waals surface area contributed by atoms with Crippen molar-refractivity contribution >= 4 is 17.5 Å². The van der Waals surface area contributed by atoms with Gasteiger partial charge < -0.3 is 16.0 Å². The van der Waals surface area contributed by atoms with Crippen LogP contribution >= 0.6 is 0 Å². The number of rotatable bonds is 6. The number of nitrogens with zero attached hydrogens (tertiary/aromatic N) is 1. The number of benzene rings is 2. The van der Waals surface area contributed by atoms with E-state index in [0.29, 0.717) is 23.7 Å². The van der Waals surface area contributed by atoms with E-state index in [4.69, 9.17) is 5.73 Å². The van der Waals surface area contributed by atoms with Gasteiger partial charge in [-0.3, -0.25) is 9.59 Å². The standard InChI is InChI=1S/C20H23N3O2/c1-14-12-16-7-3-5-9-18(16)23(14)11-10-22-19(24)13-15-6-2-4-8-17(15)20(21)25/h2-9,14H,10-13H2,1H3,(H2,21,25)(H,22,24). The summed E-state index contributed by atoms with van der Waals surface area (Å²) in [5, 5.41) is 2.94. The van der Waals surface area contributed by atoms with Gasteiger partial charge in [0, 0.05) is 30.4 Å². The largest absolute Gasteiger partial charge is 0.367 e. The van der Waals surface area contributed by atoms with Crippen molar-refractivity contribution in [3.63, 3.8) is 0 Å². The quantitative estimate of drug-likeness (QED) is 0.845. The SMILES string of the molecule is CC1Cc2ccccc2N1CCNC(=O)Cc1ccccc1C(N)=O. The first-order valence-corrected chi connectivity index (χ1v) is 8.55. The molecule has 0 bridgehead atoms. The maximum atomic E-state index is 12.2. The van der Waals surface area contributed by atoms with Crippen molar-refractivity contribution in [3.05, 3.63) is 65.2 Å². The Labute approximate surface area is 147 Å². The van der Waals surface area contributed by atoms with E-state index in [9.17, 15) is 9.59 Å². The monoisotopic (exact) mass is 337 g/mol. The van der Waals surface area contributed by atoms with E-state index in [1.54, 1.807) is 24.3 Å². The topological polar surface area (TPSA) is 75.4 Å². The number of carbonyl (C=O) groups excluding carboxylic acids is 2. The molecule has 1 aliphatic rings. The lowest BCUT2D eigenvalue weighted by atomic mass is 10.0. The zero-order valence-corrected chi connectivity index (χ0v) is 14.4. The van der Waals surface area contributed by atoms with E-state index in [-0.39, 0.29) is 12.3 Å². The predicted octanol–water partition coefficient (Wildman–Crippen LogP) is 1.90. The van der Waals surface area contributed by atoms with E-state index >= 15 is 0 Å². The number of hydrogen-bond acceptors (Lipinski definition) is 3. The van der Waals surface area contributed by atoms with E-state index in [1.165, 1.54) is 11.3 Å². The highest BCUT2D eigenvalue weighted by Crippen LogP contribution is 2.31. The molecule has 25 heavy (non-hydrogen) atoms. The third kappa shape index (κ3) is 3.82. The molecule has 0 aromatic heterocycles. The van der Waals surface area contributed by atoms with Crippen molar-refractivity contribution in [2.24, 2.45) is 5.73 Å². The molecule has 0 radical (unpaired) electrons. The second-order valence-electron chi connectivity index (χ2n) is 6.42. The van der Waals surface area contributed by atoms with Crippen LogP contribution in [0.15, 0.2) is 48.5 Å². The van der Waals surface area contributed by atoms with Crippen molar-refractivity contribution in [2.45, 2.75) is 25.8 Å². The third-order valence-electron chi connectivity index (χ3n) is 4.66. The van der Waals surface area contributed by atoms with Crippen LogP contribution in [0.5, 0.6) is 0 Å². The molecule has 0 spiro atoms. The molecule has 0 saturated carbocycles. The van der Waals surface area contributed by atoms with Crippen LogP contribution in [0.1, 0.15) is 28.4 Å². The van der Waals surface area contributed by atoms with Crippen molar-refractivity contribution in [3.8, 4) is 0 Å². The Kier molecular flexibility index (Phi) is 5.03. The molecule has 0 saturated heterocycles. The van der Waals surface area contributed by atoms with Crippen molar-refractivity contribution < 1.29 is 9.59 Å². The van der Waals surface area contributed by atoms with Crippen LogP contribution in [0.2, 0.25) is 0 Å². The molecule has 5 nitrogen and oxygen atoms in total. The Bertz CT molecular complexity index is 788. The molecule has 3 N–H and O–H groups in total. The van der Waals surface area contributed by atoms with Gasteiger partial charge >= 0.3 is 0 Å². The number of nitrogens with two attached hydrogens (primary N) is 1. The minimum atomic E-state index is -0.508. The number of fused-ring (bicyclic) bond motifs is 1. The number of primary amides is 1. The highest BCUT2D eigenvalue weighted by atomic mass is 16.2. The minimum Gasteiger partial charge on any atom is -0.367 e. The molecule has 1 unspecified atom stereocenters. The van der Waals surface area contributed by atoms with Gasteiger partial charge in [-0.05, 0) is 36.6 Å². The zero-order chi connectivity index (χ0) is 17.8. The van der Waals surface area contributed by atoms with E-state index in [2.05, 4.69) is 35.3 Å². The lowest BCUT2D eigenvalue weighted by Crippen LogP contribution is -2.38. The summed E-state index contributed by atoms with van der Waals surface area (Å²) in [5.74, 6) is -0.611. The van der Waals surface area contributed by atoms with Crippen LogP contribution in [0.25, 0.3) is 0 Å². The summed E-state index contributed by atoms with van der Waals surface area (Å²) >= 11 is 0. The molecule has 1 aliphatic heterocycles. The van der Waals surface area contributed by atoms with Crippen molar-refractivity contribution in [1.82, 2.24) is 5.32 Å². The molecule has 2 aromatic carbocycles. The van der Waals surface area contributed by atoms with E-state index in [1.807, 2.05) is 6.07 Å². The minimum absolute atomic E-state index is 0.103. The van der Waals surface area contributed by atoms with Gasteiger partial charge in [-0.1, -0.05) is 36.4 Å². The van der Waals surface area contributed by atoms with Gasteiger partial charge in [0.25, 0.3) is 0 Å². The molecule has 3 rings (SSSR count). The number of hydrogen-bond donors (Lipinski definition) is 2. The third-order valence-corrected chi connectivity index (χ3v) is 4.66. The molecule has 2 amide bonds. The van der Waals surface area contributed by atoms with Gasteiger partial charge in [0.2, 0.25) is 11.8 Å². The van der Waals surface area contributed by atoms with Crippen LogP contribution in [0.4, 0.5) is 5.69 Å². The average molecular weight is 337 g/mol. The molecule has 1 atom stereocenters. The summed E-state index contributed by atoms with van der Waals surface area (Å²) in [6.07, 6.45) is 1.20. The summed E-state index contributed by atoms with van der Waals surface area (Å²) in [6.45, 7) is 3.53. The molecule has 0 aliphatic carbocycles. The summed E-state index contributed by atoms with van der Waals surface area (Å²) in [7, 11) is 0. The lowest BCUT2D eigenvalue weighted by Gasteiger charge is -2.25. The summed E-state index contributed by atoms with van der Waals surface area (Å²) in [6, 6.07) is 15.8. The maximum Gasteiger partial charge on any atom is 0.248 e. The predicted molar refractivity (Wildman–Crippen MR) is 98.6 cm³/mol. The van der Waals surface area contributed by atoms with Crippen LogP contribution in [-0.2, 0) is 17.6 Å². The normalized spacial score (nSPS) is 15.7. The molecule has 130 valence electrons. The Hall–Kier alpha value is -2.82. The molecule has 1 heterocycles. The maximum absolute atomic E-state index is 12.2. The molecule has 0 fully saturated rings. The van der Waals surface area contributed by atoms with Crippen molar-refractivity contribution in [1.29, 1.82) is 0 Å². The van der Waals surface area contributed by atoms with Crippen LogP contribution in [0.3, 0.4) is 0 Å². The number of carbonyl (C=O) groups is 2. The molecule has 5 heteroatoms. The first kappa shape index (κ1) is 17.0. The fourth-order valence-electron chi connectivity index (χ4n) is 3.44. The molecular formula is C20H23N3O2. The Morgan fingerprint density at radius 2 is 1.88 bits per heavy atom. The molecule has 2 aromatic rings. The van der Waals surface area contributed by atoms with E-state index < -0.39 is 5.91 Å². The first-order chi connectivity index (χ1) is 12.1. The van der Waals surface area contributed by atoms with Gasteiger partial charge in [-0.15, -0.1) is 0 Å². The Morgan fingerprint density at radius 1 is 1.16 bits per heavy atom. The second-order valence-corrected chi connectivity index (χ2v) is 6.42. The first-order valence-electron chi connectivity index (χ1n) is 8.55. The van der Waals surface area contributed by atoms with Gasteiger partial charge in [0.15, 0.2) is 0 Å². The van der Waals surface area contributed by atoms with E-state index in [0.717, 1.165) is 13.0 Å². The zero-order valence-electron chi connectivity index (χ0n) is 14.4. The summed E-state index contributed by atoms with van der Waals surface area (Å²) in [4.78, 5) is 26.0. The Morgan fingerprint density at radius 3 is 2.68 bits per heavy atom. The number of para-hydroxylation sites is 1. The van der Waals surface area contributed by atoms with Gasteiger partial charge in [0.05, 0.1) is 6.42 Å². The lowest BCUT2D eigenvalue weighted by molar-refractivity contribution is -0.120. The fraction of sp³-hybridized carbons (Fsp3) is 0.300. The fourth-order valence-corrected chi connectivity index (χ4v) is 3.44. The average Bonchev–Trinajstić information content (AvgIpc) is 2.91. The molecular weight excluding hydrogens is 314 g/mol. The van der Waals surface area contributed by atoms with Crippen molar-refractivity contribution in [2.75, 3.05) is 18.0 Å². The van der Waals surface area contributed by atoms with Crippen LogP contribution < -0.4 is 16.0 Å². The number of amides is 2. The summed E-state index contributed by atoms with van der Waals surface area (Å²) in [5.41, 5.74) is 9.03. The Balaban J connectivity index is 1.55. The highest BCUT2D eigenvalue weighted by molar-refractivity contribution is 5.95. The van der Waals surface area contributed by atoms with Crippen LogP contribution in [-0.4, -0.2) is 30.9 Å².